The Morgan fingerprint density at radius 3 is 2.71 bits per heavy atom. The second-order valence-corrected chi connectivity index (χ2v) is 9.84. The van der Waals surface area contributed by atoms with Gasteiger partial charge in [-0.25, -0.2) is 9.19 Å². The van der Waals surface area contributed by atoms with E-state index < -0.39 is 16.5 Å². The van der Waals surface area contributed by atoms with Gasteiger partial charge in [-0.2, -0.15) is 13.2 Å². The van der Waals surface area contributed by atoms with E-state index in [-0.39, 0.29) is 10.2 Å². The molecule has 0 fully saturated rings. The van der Waals surface area contributed by atoms with Crippen molar-refractivity contribution in [3.05, 3.63) is 51.6 Å². The largest absolute Gasteiger partial charge is 0.490 e. The molecule has 0 saturated heterocycles. The summed E-state index contributed by atoms with van der Waals surface area (Å²) in [6.45, 7) is 4.25. The zero-order valence-electron chi connectivity index (χ0n) is 16.5. The molecular formula is C21H17BrF3N3OS2. The Hall–Kier alpha value is -2.22. The van der Waals surface area contributed by atoms with Crippen molar-refractivity contribution in [3.8, 4) is 34.2 Å². The molecule has 1 atom stereocenters. The molecule has 162 valence electrons. The molecule has 3 rings (SSSR count). The highest BCUT2D eigenvalue weighted by Gasteiger charge is 2.37. The van der Waals surface area contributed by atoms with Crippen LogP contribution in [0.15, 0.2) is 40.3 Å². The average molecular weight is 528 g/mol. The first-order valence-corrected chi connectivity index (χ1v) is 11.9. The highest BCUT2D eigenvalue weighted by molar-refractivity contribution is 9.10. The van der Waals surface area contributed by atoms with Gasteiger partial charge >= 0.3 is 5.51 Å². The lowest BCUT2D eigenvalue weighted by atomic mass is 10.0. The van der Waals surface area contributed by atoms with E-state index in [1.165, 1.54) is 17.4 Å². The minimum absolute atomic E-state index is 0.0183. The summed E-state index contributed by atoms with van der Waals surface area (Å²) in [6.07, 6.45) is 8.22. The molecule has 31 heavy (non-hydrogen) atoms. The minimum Gasteiger partial charge on any atom is -0.297 e. The third kappa shape index (κ3) is 5.53. The molecule has 0 amide bonds. The molecule has 0 radical (unpaired) electrons. The number of aromatic nitrogens is 2. The molecule has 0 bridgehead atoms. The molecule has 1 aromatic carbocycles. The summed E-state index contributed by atoms with van der Waals surface area (Å²) in [4.78, 5) is 9.06. The van der Waals surface area contributed by atoms with Gasteiger partial charge in [0.25, 0.3) is 0 Å². The number of hydrogen-bond donors (Lipinski definition) is 1. The summed E-state index contributed by atoms with van der Waals surface area (Å²) in [7, 11) is -3.26. The van der Waals surface area contributed by atoms with E-state index in [0.29, 0.717) is 22.7 Å². The molecule has 0 aliphatic rings. The SMILES string of the molecule is C#Cc1c(-c2csc(-c3ccnc(CC(C)C)c3)n2)ccc(NS(=O)C(F)(F)F)c1Br. The van der Waals surface area contributed by atoms with E-state index in [1.54, 1.807) is 12.3 Å². The molecule has 2 aromatic heterocycles. The van der Waals surface area contributed by atoms with Gasteiger partial charge in [0.15, 0.2) is 0 Å². The Labute approximate surface area is 193 Å². The number of thiazole rings is 1. The monoisotopic (exact) mass is 527 g/mol. The van der Waals surface area contributed by atoms with Crippen molar-refractivity contribution in [3.63, 3.8) is 0 Å². The molecular weight excluding hydrogens is 511 g/mol. The predicted octanol–water partition coefficient (Wildman–Crippen LogP) is 6.41. The lowest BCUT2D eigenvalue weighted by Crippen LogP contribution is -2.23. The Morgan fingerprint density at radius 1 is 1.32 bits per heavy atom. The van der Waals surface area contributed by atoms with Crippen molar-refractivity contribution >= 4 is 43.9 Å². The number of rotatable bonds is 6. The number of pyridine rings is 1. The lowest BCUT2D eigenvalue weighted by Gasteiger charge is -2.13. The molecule has 3 aromatic rings. The summed E-state index contributed by atoms with van der Waals surface area (Å²) < 4.78 is 51.4. The molecule has 1 N–H and O–H groups in total. The van der Waals surface area contributed by atoms with Crippen LogP contribution in [0.4, 0.5) is 18.9 Å². The van der Waals surface area contributed by atoms with Crippen LogP contribution in [0.1, 0.15) is 25.1 Å². The fourth-order valence-electron chi connectivity index (χ4n) is 2.84. The molecule has 10 heteroatoms. The average Bonchev–Trinajstić information content (AvgIpc) is 3.18. The van der Waals surface area contributed by atoms with Gasteiger partial charge in [-0.05, 0) is 52.5 Å². The fourth-order valence-corrected chi connectivity index (χ4v) is 4.83. The third-order valence-corrected chi connectivity index (χ3v) is 6.70. The normalized spacial score (nSPS) is 12.6. The van der Waals surface area contributed by atoms with Crippen molar-refractivity contribution < 1.29 is 17.4 Å². The smallest absolute Gasteiger partial charge is 0.297 e. The van der Waals surface area contributed by atoms with Crippen molar-refractivity contribution in [2.24, 2.45) is 5.92 Å². The Balaban J connectivity index is 1.94. The number of benzene rings is 1. The summed E-state index contributed by atoms with van der Waals surface area (Å²) in [5, 5.41) is 2.61. The summed E-state index contributed by atoms with van der Waals surface area (Å²) in [5.41, 5.74) is -1.51. The van der Waals surface area contributed by atoms with E-state index in [1.807, 2.05) is 22.2 Å². The van der Waals surface area contributed by atoms with Crippen molar-refractivity contribution in [1.82, 2.24) is 9.97 Å². The first-order valence-electron chi connectivity index (χ1n) is 9.05. The number of terminal acetylenes is 1. The predicted molar refractivity (Wildman–Crippen MR) is 123 cm³/mol. The summed E-state index contributed by atoms with van der Waals surface area (Å²) in [5.74, 6) is 2.96. The van der Waals surface area contributed by atoms with E-state index in [9.17, 15) is 17.4 Å². The fraction of sp³-hybridized carbons (Fsp3) is 0.238. The highest BCUT2D eigenvalue weighted by atomic mass is 79.9. The number of anilines is 1. The number of hydrogen-bond acceptors (Lipinski definition) is 4. The minimum atomic E-state index is -4.89. The van der Waals surface area contributed by atoms with E-state index in [0.717, 1.165) is 22.7 Å². The lowest BCUT2D eigenvalue weighted by molar-refractivity contribution is -0.0379. The highest BCUT2D eigenvalue weighted by Crippen LogP contribution is 2.37. The maximum absolute atomic E-state index is 12.6. The van der Waals surface area contributed by atoms with Gasteiger partial charge in [-0.3, -0.25) is 9.71 Å². The van der Waals surface area contributed by atoms with Gasteiger partial charge in [-0.15, -0.1) is 17.8 Å². The van der Waals surface area contributed by atoms with Gasteiger partial charge in [0, 0.05) is 34.0 Å². The topological polar surface area (TPSA) is 54.9 Å². The summed E-state index contributed by atoms with van der Waals surface area (Å²) >= 11 is 4.66. The second-order valence-electron chi connectivity index (χ2n) is 6.98. The zero-order valence-corrected chi connectivity index (χ0v) is 19.7. The van der Waals surface area contributed by atoms with E-state index in [2.05, 4.69) is 45.7 Å². The van der Waals surface area contributed by atoms with Crippen LogP contribution in [-0.4, -0.2) is 19.7 Å². The van der Waals surface area contributed by atoms with Gasteiger partial charge in [-0.1, -0.05) is 19.8 Å². The van der Waals surface area contributed by atoms with E-state index in [4.69, 9.17) is 6.42 Å². The van der Waals surface area contributed by atoms with Gasteiger partial charge in [0.1, 0.15) is 5.01 Å². The number of halogens is 4. The molecule has 2 heterocycles. The molecule has 4 nitrogen and oxygen atoms in total. The molecule has 0 saturated carbocycles. The first kappa shape index (κ1) is 23.4. The quantitative estimate of drug-likeness (QED) is 0.377. The number of alkyl halides is 3. The number of nitrogens with one attached hydrogen (secondary N) is 1. The molecule has 0 spiro atoms. The second kappa shape index (κ2) is 9.51. The number of nitrogens with zero attached hydrogens (tertiary/aromatic N) is 2. The van der Waals surface area contributed by atoms with Crippen LogP contribution >= 0.6 is 27.3 Å². The molecule has 1 unspecified atom stereocenters. The van der Waals surface area contributed by atoms with Crippen LogP contribution in [0.3, 0.4) is 0 Å². The molecule has 0 aliphatic carbocycles. The van der Waals surface area contributed by atoms with Crippen LogP contribution in [-0.2, 0) is 17.4 Å². The first-order chi connectivity index (χ1) is 14.6. The van der Waals surface area contributed by atoms with Crippen molar-refractivity contribution in [2.75, 3.05) is 4.72 Å². The molecule has 0 aliphatic heterocycles. The summed E-state index contributed by atoms with van der Waals surface area (Å²) in [6, 6.07) is 6.82. The van der Waals surface area contributed by atoms with Crippen molar-refractivity contribution in [2.45, 2.75) is 25.8 Å². The maximum Gasteiger partial charge on any atom is 0.490 e. The van der Waals surface area contributed by atoms with Crippen LogP contribution in [0.2, 0.25) is 0 Å². The van der Waals surface area contributed by atoms with Crippen molar-refractivity contribution in [1.29, 1.82) is 0 Å². The standard InChI is InChI=1S/C21H17BrF3N3OS2/c1-4-15-16(5-6-17(19(15)22)28-31(29)21(23,24)25)18-11-30-20(27-18)13-7-8-26-14(10-13)9-12(2)3/h1,5-8,10-12,28H,9H2,2-3H3. The van der Waals surface area contributed by atoms with Gasteiger partial charge in [0.2, 0.25) is 11.0 Å². The Bertz CT molecular complexity index is 1170. The van der Waals surface area contributed by atoms with Crippen LogP contribution < -0.4 is 4.72 Å². The van der Waals surface area contributed by atoms with Crippen LogP contribution in [0, 0.1) is 18.3 Å². The maximum atomic E-state index is 12.6. The Morgan fingerprint density at radius 2 is 2.06 bits per heavy atom. The van der Waals surface area contributed by atoms with Gasteiger partial charge < -0.3 is 0 Å². The van der Waals surface area contributed by atoms with Crippen LogP contribution in [0.5, 0.6) is 0 Å². The third-order valence-electron chi connectivity index (χ3n) is 4.16. The van der Waals surface area contributed by atoms with Gasteiger partial charge in [0.05, 0.1) is 15.9 Å². The van der Waals surface area contributed by atoms with Crippen LogP contribution in [0.25, 0.3) is 21.8 Å². The zero-order chi connectivity index (χ0) is 22.8. The van der Waals surface area contributed by atoms with E-state index >= 15 is 0 Å². The Kier molecular flexibility index (Phi) is 7.19.